The SMILES string of the molecule is OC(Cc1cc(F)cc(F)c1)Cc1cccc(F)c1Br. The molecule has 106 valence electrons. The van der Waals surface area contributed by atoms with Gasteiger partial charge in [0.15, 0.2) is 0 Å². The van der Waals surface area contributed by atoms with Gasteiger partial charge in [-0.15, -0.1) is 0 Å². The van der Waals surface area contributed by atoms with Gasteiger partial charge in [0.25, 0.3) is 0 Å². The highest BCUT2D eigenvalue weighted by Gasteiger charge is 2.12. The molecule has 20 heavy (non-hydrogen) atoms. The van der Waals surface area contributed by atoms with Crippen molar-refractivity contribution in [2.45, 2.75) is 18.9 Å². The summed E-state index contributed by atoms with van der Waals surface area (Å²) < 4.78 is 39.7. The Morgan fingerprint density at radius 1 is 1.00 bits per heavy atom. The minimum absolute atomic E-state index is 0.0949. The molecule has 0 amide bonds. The third kappa shape index (κ3) is 3.84. The van der Waals surface area contributed by atoms with Crippen molar-refractivity contribution in [2.75, 3.05) is 0 Å². The predicted molar refractivity (Wildman–Crippen MR) is 73.9 cm³/mol. The molecule has 0 spiro atoms. The number of benzene rings is 2. The highest BCUT2D eigenvalue weighted by molar-refractivity contribution is 9.10. The van der Waals surface area contributed by atoms with E-state index in [-0.39, 0.29) is 12.8 Å². The Bertz CT molecular complexity index is 596. The lowest BCUT2D eigenvalue weighted by Gasteiger charge is -2.12. The molecule has 0 aliphatic rings. The Morgan fingerprint density at radius 2 is 1.65 bits per heavy atom. The molecule has 0 aliphatic carbocycles. The van der Waals surface area contributed by atoms with Crippen molar-refractivity contribution in [1.29, 1.82) is 0 Å². The Morgan fingerprint density at radius 3 is 2.30 bits per heavy atom. The number of rotatable bonds is 4. The van der Waals surface area contributed by atoms with Crippen LogP contribution in [-0.2, 0) is 12.8 Å². The molecular weight excluding hydrogens is 333 g/mol. The molecule has 1 N–H and O–H groups in total. The maximum absolute atomic E-state index is 13.3. The van der Waals surface area contributed by atoms with Crippen molar-refractivity contribution in [3.63, 3.8) is 0 Å². The van der Waals surface area contributed by atoms with Crippen molar-refractivity contribution >= 4 is 15.9 Å². The molecular formula is C15H12BrF3O. The number of hydrogen-bond donors (Lipinski definition) is 1. The van der Waals surface area contributed by atoms with Crippen LogP contribution >= 0.6 is 15.9 Å². The summed E-state index contributed by atoms with van der Waals surface area (Å²) in [5, 5.41) is 9.96. The largest absolute Gasteiger partial charge is 0.392 e. The third-order valence-corrected chi connectivity index (χ3v) is 3.77. The van der Waals surface area contributed by atoms with E-state index in [2.05, 4.69) is 15.9 Å². The summed E-state index contributed by atoms with van der Waals surface area (Å²) in [7, 11) is 0. The molecule has 0 heterocycles. The monoisotopic (exact) mass is 344 g/mol. The highest BCUT2D eigenvalue weighted by atomic mass is 79.9. The van der Waals surface area contributed by atoms with E-state index < -0.39 is 23.6 Å². The van der Waals surface area contributed by atoms with Gasteiger partial charge in [0, 0.05) is 6.07 Å². The van der Waals surface area contributed by atoms with Crippen LogP contribution in [0.3, 0.4) is 0 Å². The van der Waals surface area contributed by atoms with Gasteiger partial charge in [-0.1, -0.05) is 12.1 Å². The summed E-state index contributed by atoms with van der Waals surface area (Å²) >= 11 is 3.11. The summed E-state index contributed by atoms with van der Waals surface area (Å²) in [6, 6.07) is 7.66. The van der Waals surface area contributed by atoms with Crippen LogP contribution in [0, 0.1) is 17.5 Å². The summed E-state index contributed by atoms with van der Waals surface area (Å²) in [4.78, 5) is 0. The second-order valence-electron chi connectivity index (χ2n) is 4.55. The van der Waals surface area contributed by atoms with E-state index in [4.69, 9.17) is 0 Å². The summed E-state index contributed by atoms with van der Waals surface area (Å²) in [6.07, 6.45) is -0.567. The zero-order valence-corrected chi connectivity index (χ0v) is 12.0. The topological polar surface area (TPSA) is 20.2 Å². The van der Waals surface area contributed by atoms with Gasteiger partial charge in [0.2, 0.25) is 0 Å². The van der Waals surface area contributed by atoms with Crippen molar-refractivity contribution in [3.05, 3.63) is 69.4 Å². The molecule has 0 aromatic heterocycles. The van der Waals surface area contributed by atoms with Gasteiger partial charge in [-0.3, -0.25) is 0 Å². The van der Waals surface area contributed by atoms with Gasteiger partial charge in [-0.2, -0.15) is 0 Å². The zero-order chi connectivity index (χ0) is 14.7. The molecule has 5 heteroatoms. The van der Waals surface area contributed by atoms with Crippen molar-refractivity contribution in [1.82, 2.24) is 0 Å². The first-order valence-electron chi connectivity index (χ1n) is 6.01. The fourth-order valence-electron chi connectivity index (χ4n) is 2.03. The molecule has 0 saturated carbocycles. The highest BCUT2D eigenvalue weighted by Crippen LogP contribution is 2.22. The minimum atomic E-state index is -0.853. The average Bonchev–Trinajstić information content (AvgIpc) is 2.33. The van der Waals surface area contributed by atoms with Crippen LogP contribution in [0.4, 0.5) is 13.2 Å². The number of aliphatic hydroxyl groups is 1. The maximum Gasteiger partial charge on any atom is 0.137 e. The Kier molecular flexibility index (Phi) is 4.83. The molecule has 2 rings (SSSR count). The van der Waals surface area contributed by atoms with Crippen LogP contribution in [0.15, 0.2) is 40.9 Å². The number of hydrogen-bond acceptors (Lipinski definition) is 1. The first-order chi connectivity index (χ1) is 9.45. The van der Waals surface area contributed by atoms with E-state index in [1.165, 1.54) is 18.2 Å². The van der Waals surface area contributed by atoms with E-state index in [1.807, 2.05) is 0 Å². The first-order valence-corrected chi connectivity index (χ1v) is 6.81. The smallest absolute Gasteiger partial charge is 0.137 e. The maximum atomic E-state index is 13.3. The first kappa shape index (κ1) is 15.1. The van der Waals surface area contributed by atoms with E-state index in [0.717, 1.165) is 6.07 Å². The second kappa shape index (κ2) is 6.41. The average molecular weight is 345 g/mol. The lowest BCUT2D eigenvalue weighted by atomic mass is 10.0. The molecule has 2 aromatic rings. The lowest BCUT2D eigenvalue weighted by molar-refractivity contribution is 0.175. The van der Waals surface area contributed by atoms with E-state index in [9.17, 15) is 18.3 Å². The fraction of sp³-hybridized carbons (Fsp3) is 0.200. The molecule has 2 aromatic carbocycles. The zero-order valence-electron chi connectivity index (χ0n) is 10.4. The number of halogens is 4. The van der Waals surface area contributed by atoms with Gasteiger partial charge in [-0.05, 0) is 58.1 Å². The lowest BCUT2D eigenvalue weighted by Crippen LogP contribution is -2.14. The Labute approximate surface area is 123 Å². The molecule has 1 unspecified atom stereocenters. The molecule has 0 fully saturated rings. The van der Waals surface area contributed by atoms with Crippen molar-refractivity contribution in [3.8, 4) is 0 Å². The quantitative estimate of drug-likeness (QED) is 0.888. The third-order valence-electron chi connectivity index (χ3n) is 2.88. The Hall–Kier alpha value is -1.33. The molecule has 0 bridgehead atoms. The van der Waals surface area contributed by atoms with Crippen LogP contribution in [0.5, 0.6) is 0 Å². The second-order valence-corrected chi connectivity index (χ2v) is 5.35. The van der Waals surface area contributed by atoms with Crippen molar-refractivity contribution < 1.29 is 18.3 Å². The Balaban J connectivity index is 2.09. The molecule has 0 aliphatic heterocycles. The van der Waals surface area contributed by atoms with Gasteiger partial charge in [-0.25, -0.2) is 13.2 Å². The van der Waals surface area contributed by atoms with Gasteiger partial charge < -0.3 is 5.11 Å². The van der Waals surface area contributed by atoms with Gasteiger partial charge in [0.05, 0.1) is 10.6 Å². The van der Waals surface area contributed by atoms with Crippen LogP contribution < -0.4 is 0 Å². The van der Waals surface area contributed by atoms with Crippen LogP contribution in [0.1, 0.15) is 11.1 Å². The van der Waals surface area contributed by atoms with Crippen LogP contribution in [0.2, 0.25) is 0 Å². The molecule has 1 atom stereocenters. The summed E-state index contributed by atoms with van der Waals surface area (Å²) in [5.74, 6) is -1.77. The number of aliphatic hydroxyl groups excluding tert-OH is 1. The predicted octanol–water partition coefficient (Wildman–Crippen LogP) is 4.01. The normalized spacial score (nSPS) is 12.4. The molecule has 0 radical (unpaired) electrons. The minimum Gasteiger partial charge on any atom is -0.392 e. The molecule has 1 nitrogen and oxygen atoms in total. The van der Waals surface area contributed by atoms with E-state index >= 15 is 0 Å². The van der Waals surface area contributed by atoms with Crippen LogP contribution in [0.25, 0.3) is 0 Å². The standard InChI is InChI=1S/C15H12BrF3O/c16-15-10(2-1-3-14(15)19)7-13(20)6-9-4-11(17)8-12(18)5-9/h1-5,8,13,20H,6-7H2. The van der Waals surface area contributed by atoms with Crippen molar-refractivity contribution in [2.24, 2.45) is 0 Å². The fourth-order valence-corrected chi connectivity index (χ4v) is 2.46. The van der Waals surface area contributed by atoms with Gasteiger partial charge >= 0.3 is 0 Å². The summed E-state index contributed by atoms with van der Waals surface area (Å²) in [6.45, 7) is 0. The van der Waals surface area contributed by atoms with Crippen LogP contribution in [-0.4, -0.2) is 11.2 Å². The van der Waals surface area contributed by atoms with Gasteiger partial charge in [0.1, 0.15) is 17.5 Å². The molecule has 0 saturated heterocycles. The summed E-state index contributed by atoms with van der Waals surface area (Å²) in [5.41, 5.74) is 0.969. The van der Waals surface area contributed by atoms with E-state index in [1.54, 1.807) is 12.1 Å². The van der Waals surface area contributed by atoms with E-state index in [0.29, 0.717) is 15.6 Å².